The predicted octanol–water partition coefficient (Wildman–Crippen LogP) is 1.78. The van der Waals surface area contributed by atoms with Gasteiger partial charge in [-0.2, -0.15) is 0 Å². The Morgan fingerprint density at radius 2 is 1.95 bits per heavy atom. The fourth-order valence-electron chi connectivity index (χ4n) is 1.92. The molecule has 0 aliphatic carbocycles. The summed E-state index contributed by atoms with van der Waals surface area (Å²) in [5.41, 5.74) is 0. The molecule has 21 heavy (non-hydrogen) atoms. The summed E-state index contributed by atoms with van der Waals surface area (Å²) in [6.07, 6.45) is 1.73. The molecule has 118 valence electrons. The van der Waals surface area contributed by atoms with E-state index < -0.39 is 0 Å². The van der Waals surface area contributed by atoms with E-state index in [9.17, 15) is 4.79 Å². The Morgan fingerprint density at radius 1 is 1.24 bits per heavy atom. The van der Waals surface area contributed by atoms with Gasteiger partial charge < -0.3 is 15.1 Å². The van der Waals surface area contributed by atoms with Crippen molar-refractivity contribution in [2.75, 3.05) is 43.9 Å². The summed E-state index contributed by atoms with van der Waals surface area (Å²) < 4.78 is 0. The van der Waals surface area contributed by atoms with Gasteiger partial charge in [0.25, 0.3) is 0 Å². The van der Waals surface area contributed by atoms with Crippen LogP contribution in [-0.2, 0) is 11.2 Å². The molecule has 0 aliphatic heterocycles. The molecule has 0 unspecified atom stereocenters. The van der Waals surface area contributed by atoms with Crippen molar-refractivity contribution in [3.63, 3.8) is 0 Å². The Balaban J connectivity index is 3.05. The number of anilines is 2. The van der Waals surface area contributed by atoms with E-state index in [0.29, 0.717) is 6.54 Å². The van der Waals surface area contributed by atoms with Crippen molar-refractivity contribution in [3.8, 4) is 0 Å². The van der Waals surface area contributed by atoms with Crippen LogP contribution in [0.25, 0.3) is 0 Å². The number of nitrogens with zero attached hydrogens (tertiary/aromatic N) is 4. The van der Waals surface area contributed by atoms with E-state index in [1.165, 1.54) is 0 Å². The van der Waals surface area contributed by atoms with Crippen LogP contribution in [0.5, 0.6) is 0 Å². The molecule has 6 heteroatoms. The summed E-state index contributed by atoms with van der Waals surface area (Å²) in [5.74, 6) is 2.50. The number of carbonyl (C=O) groups is 1. The van der Waals surface area contributed by atoms with Crippen LogP contribution in [0.4, 0.5) is 11.6 Å². The summed E-state index contributed by atoms with van der Waals surface area (Å²) in [7, 11) is 3.54. The van der Waals surface area contributed by atoms with Crippen molar-refractivity contribution in [2.45, 2.75) is 33.6 Å². The van der Waals surface area contributed by atoms with Crippen molar-refractivity contribution in [2.24, 2.45) is 0 Å². The zero-order valence-corrected chi connectivity index (χ0v) is 13.8. The van der Waals surface area contributed by atoms with Gasteiger partial charge in [0, 0.05) is 39.7 Å². The molecule has 1 aromatic heterocycles. The van der Waals surface area contributed by atoms with Gasteiger partial charge >= 0.3 is 0 Å². The lowest BCUT2D eigenvalue weighted by Crippen LogP contribution is -2.37. The summed E-state index contributed by atoms with van der Waals surface area (Å²) in [5, 5.41) is 3.22. The molecule has 1 heterocycles. The number of nitrogens with one attached hydrogen (secondary N) is 1. The van der Waals surface area contributed by atoms with Crippen LogP contribution in [-0.4, -0.2) is 54.5 Å². The van der Waals surface area contributed by atoms with Crippen LogP contribution in [0.2, 0.25) is 0 Å². The van der Waals surface area contributed by atoms with Gasteiger partial charge in [-0.15, -0.1) is 0 Å². The SMILES string of the molecule is CCCN(CC(=O)N(C)C)c1cc(NCC)nc(CC)n1. The van der Waals surface area contributed by atoms with E-state index in [1.807, 2.05) is 24.8 Å². The molecule has 0 atom stereocenters. The van der Waals surface area contributed by atoms with Crippen molar-refractivity contribution in [3.05, 3.63) is 11.9 Å². The number of amides is 1. The van der Waals surface area contributed by atoms with Crippen LogP contribution in [0.15, 0.2) is 6.07 Å². The van der Waals surface area contributed by atoms with Gasteiger partial charge in [0.05, 0.1) is 6.54 Å². The highest BCUT2D eigenvalue weighted by molar-refractivity contribution is 5.80. The molecular formula is C15H27N5O. The summed E-state index contributed by atoms with van der Waals surface area (Å²) in [4.78, 5) is 24.6. The number of hydrogen-bond donors (Lipinski definition) is 1. The van der Waals surface area contributed by atoms with Crippen LogP contribution in [0.3, 0.4) is 0 Å². The molecule has 0 fully saturated rings. The molecule has 1 N–H and O–H groups in total. The fourth-order valence-corrected chi connectivity index (χ4v) is 1.92. The molecule has 0 radical (unpaired) electrons. The highest BCUT2D eigenvalue weighted by atomic mass is 16.2. The molecule has 1 aromatic rings. The first kappa shape index (κ1) is 17.2. The lowest BCUT2D eigenvalue weighted by atomic mass is 10.3. The number of aromatic nitrogens is 2. The minimum absolute atomic E-state index is 0.0742. The van der Waals surface area contributed by atoms with E-state index in [0.717, 1.165) is 43.4 Å². The molecule has 0 aromatic carbocycles. The average Bonchev–Trinajstić information content (AvgIpc) is 2.46. The van der Waals surface area contributed by atoms with E-state index in [-0.39, 0.29) is 5.91 Å². The van der Waals surface area contributed by atoms with Gasteiger partial charge in [0.1, 0.15) is 17.5 Å². The smallest absolute Gasteiger partial charge is 0.241 e. The maximum Gasteiger partial charge on any atom is 0.241 e. The standard InChI is InChI=1S/C15H27N5O/c1-6-9-20(11-15(21)19(4)5)14-10-13(16-8-3)17-12(7-2)18-14/h10H,6-9,11H2,1-5H3,(H,16,17,18). The predicted molar refractivity (Wildman–Crippen MR) is 86.8 cm³/mol. The van der Waals surface area contributed by atoms with Crippen LogP contribution < -0.4 is 10.2 Å². The van der Waals surface area contributed by atoms with Crippen molar-refractivity contribution >= 4 is 17.5 Å². The topological polar surface area (TPSA) is 61.4 Å². The second-order valence-electron chi connectivity index (χ2n) is 5.12. The first-order valence-corrected chi connectivity index (χ1v) is 7.58. The third kappa shape index (κ3) is 5.21. The zero-order chi connectivity index (χ0) is 15.8. The number of likely N-dealkylation sites (N-methyl/N-ethyl adjacent to an activating group) is 1. The van der Waals surface area contributed by atoms with Crippen molar-refractivity contribution in [1.82, 2.24) is 14.9 Å². The maximum atomic E-state index is 12.0. The van der Waals surface area contributed by atoms with Gasteiger partial charge in [-0.05, 0) is 13.3 Å². The Bertz CT molecular complexity index is 461. The Hall–Kier alpha value is -1.85. The summed E-state index contributed by atoms with van der Waals surface area (Å²) in [6.45, 7) is 8.11. The number of carbonyl (C=O) groups excluding carboxylic acids is 1. The minimum Gasteiger partial charge on any atom is -0.370 e. The fraction of sp³-hybridized carbons (Fsp3) is 0.667. The summed E-state index contributed by atoms with van der Waals surface area (Å²) >= 11 is 0. The maximum absolute atomic E-state index is 12.0. The zero-order valence-electron chi connectivity index (χ0n) is 13.8. The Morgan fingerprint density at radius 3 is 2.48 bits per heavy atom. The molecule has 0 saturated heterocycles. The highest BCUT2D eigenvalue weighted by Crippen LogP contribution is 2.17. The second kappa shape index (κ2) is 8.44. The van der Waals surface area contributed by atoms with Gasteiger partial charge in [0.15, 0.2) is 0 Å². The van der Waals surface area contributed by atoms with E-state index >= 15 is 0 Å². The molecule has 0 aliphatic rings. The van der Waals surface area contributed by atoms with E-state index in [4.69, 9.17) is 0 Å². The normalized spacial score (nSPS) is 10.3. The van der Waals surface area contributed by atoms with Crippen LogP contribution >= 0.6 is 0 Å². The van der Waals surface area contributed by atoms with Gasteiger partial charge in [-0.1, -0.05) is 13.8 Å². The monoisotopic (exact) mass is 293 g/mol. The molecule has 6 nitrogen and oxygen atoms in total. The Kier molecular flexibility index (Phi) is 6.91. The third-order valence-electron chi connectivity index (χ3n) is 3.08. The first-order chi connectivity index (χ1) is 10.0. The van der Waals surface area contributed by atoms with Crippen molar-refractivity contribution < 1.29 is 4.79 Å². The average molecular weight is 293 g/mol. The molecular weight excluding hydrogens is 266 g/mol. The molecule has 1 amide bonds. The number of hydrogen-bond acceptors (Lipinski definition) is 5. The molecule has 0 spiro atoms. The molecule has 1 rings (SSSR count). The molecule has 0 saturated carbocycles. The second-order valence-corrected chi connectivity index (χ2v) is 5.12. The van der Waals surface area contributed by atoms with Gasteiger partial charge in [-0.3, -0.25) is 4.79 Å². The summed E-state index contributed by atoms with van der Waals surface area (Å²) in [6, 6.07) is 1.92. The van der Waals surface area contributed by atoms with Crippen LogP contribution in [0.1, 0.15) is 33.0 Å². The van der Waals surface area contributed by atoms with E-state index in [1.54, 1.807) is 19.0 Å². The van der Waals surface area contributed by atoms with Gasteiger partial charge in [-0.25, -0.2) is 9.97 Å². The lowest BCUT2D eigenvalue weighted by molar-refractivity contribution is -0.127. The highest BCUT2D eigenvalue weighted by Gasteiger charge is 2.15. The number of aryl methyl sites for hydroxylation is 1. The third-order valence-corrected chi connectivity index (χ3v) is 3.08. The van der Waals surface area contributed by atoms with Crippen molar-refractivity contribution in [1.29, 1.82) is 0 Å². The largest absolute Gasteiger partial charge is 0.370 e. The van der Waals surface area contributed by atoms with Gasteiger partial charge in [0.2, 0.25) is 5.91 Å². The lowest BCUT2D eigenvalue weighted by Gasteiger charge is -2.25. The first-order valence-electron chi connectivity index (χ1n) is 7.58. The minimum atomic E-state index is 0.0742. The quantitative estimate of drug-likeness (QED) is 0.791. The number of rotatable bonds is 8. The Labute approximate surface area is 127 Å². The van der Waals surface area contributed by atoms with E-state index in [2.05, 4.69) is 22.2 Å². The molecule has 0 bridgehead atoms. The van der Waals surface area contributed by atoms with Crippen LogP contribution in [0, 0.1) is 0 Å².